The third-order valence-electron chi connectivity index (χ3n) is 3.18. The Bertz CT molecular complexity index is 343. The number of halogens is 2. The molecular formula is C16H24BrClO. The van der Waals surface area contributed by atoms with Gasteiger partial charge in [-0.3, -0.25) is 0 Å². The number of hydrogen-bond acceptors (Lipinski definition) is 1. The molecule has 1 unspecified atom stereocenters. The van der Waals surface area contributed by atoms with E-state index < -0.39 is 0 Å². The van der Waals surface area contributed by atoms with Crippen LogP contribution < -0.4 is 0 Å². The van der Waals surface area contributed by atoms with Gasteiger partial charge < -0.3 is 4.74 Å². The minimum absolute atomic E-state index is 0.106. The zero-order valence-electron chi connectivity index (χ0n) is 11.7. The van der Waals surface area contributed by atoms with E-state index in [1.807, 2.05) is 18.2 Å². The van der Waals surface area contributed by atoms with E-state index in [-0.39, 0.29) is 6.10 Å². The summed E-state index contributed by atoms with van der Waals surface area (Å²) in [6.07, 6.45) is 7.86. The molecule has 0 N–H and O–H groups in total. The molecule has 0 saturated heterocycles. The second-order valence-electron chi connectivity index (χ2n) is 4.84. The lowest BCUT2D eigenvalue weighted by Crippen LogP contribution is -2.07. The molecule has 1 nitrogen and oxygen atoms in total. The van der Waals surface area contributed by atoms with Crippen molar-refractivity contribution in [3.8, 4) is 0 Å². The molecule has 0 bridgehead atoms. The molecule has 19 heavy (non-hydrogen) atoms. The average Bonchev–Trinajstić information content (AvgIpc) is 2.42. The van der Waals surface area contributed by atoms with Crippen molar-refractivity contribution in [1.29, 1.82) is 0 Å². The molecule has 3 heteroatoms. The molecule has 0 heterocycles. The molecule has 108 valence electrons. The monoisotopic (exact) mass is 346 g/mol. The highest BCUT2D eigenvalue weighted by Gasteiger charge is 2.10. The van der Waals surface area contributed by atoms with Gasteiger partial charge in [0.15, 0.2) is 0 Å². The van der Waals surface area contributed by atoms with Crippen LogP contribution in [0.3, 0.4) is 0 Å². The summed E-state index contributed by atoms with van der Waals surface area (Å²) in [7, 11) is 0. The first-order valence-electron chi connectivity index (χ1n) is 7.21. The summed E-state index contributed by atoms with van der Waals surface area (Å²) < 4.78 is 5.93. The van der Waals surface area contributed by atoms with Gasteiger partial charge in [0.25, 0.3) is 0 Å². The molecule has 0 aliphatic carbocycles. The van der Waals surface area contributed by atoms with Crippen LogP contribution in [0.2, 0.25) is 5.02 Å². The lowest BCUT2D eigenvalue weighted by Gasteiger charge is -2.16. The van der Waals surface area contributed by atoms with Gasteiger partial charge in [0.1, 0.15) is 0 Å². The lowest BCUT2D eigenvalue weighted by molar-refractivity contribution is 0.0667. The highest BCUT2D eigenvalue weighted by molar-refractivity contribution is 9.09. The van der Waals surface area contributed by atoms with E-state index in [0.29, 0.717) is 0 Å². The van der Waals surface area contributed by atoms with Gasteiger partial charge in [-0.15, -0.1) is 0 Å². The van der Waals surface area contributed by atoms with Crippen LogP contribution in [0.15, 0.2) is 24.3 Å². The standard InChI is InChI=1S/C16H24BrClO/c1-2-3-4-5-6-7-11-19-16(13-17)14-9-8-10-15(18)12-14/h8-10,12,16H,2-7,11,13H2,1H3. The van der Waals surface area contributed by atoms with Crippen molar-refractivity contribution >= 4 is 27.5 Å². The Labute approximate surface area is 130 Å². The molecule has 0 saturated carbocycles. The van der Waals surface area contributed by atoms with Gasteiger partial charge in [0, 0.05) is 17.0 Å². The molecule has 1 rings (SSSR count). The third kappa shape index (κ3) is 7.34. The number of alkyl halides is 1. The Balaban J connectivity index is 2.22. The molecule has 0 aromatic heterocycles. The maximum absolute atomic E-state index is 6.01. The van der Waals surface area contributed by atoms with Crippen molar-refractivity contribution in [3.63, 3.8) is 0 Å². The summed E-state index contributed by atoms with van der Waals surface area (Å²) in [4.78, 5) is 0. The maximum atomic E-state index is 6.01. The maximum Gasteiger partial charge on any atom is 0.0922 e. The van der Waals surface area contributed by atoms with E-state index in [4.69, 9.17) is 16.3 Å². The van der Waals surface area contributed by atoms with Crippen LogP contribution in [0.1, 0.15) is 57.1 Å². The quantitative estimate of drug-likeness (QED) is 0.364. The van der Waals surface area contributed by atoms with Crippen LogP contribution in [0.4, 0.5) is 0 Å². The summed E-state index contributed by atoms with van der Waals surface area (Å²) in [5.74, 6) is 0. The van der Waals surface area contributed by atoms with E-state index in [1.165, 1.54) is 32.1 Å². The Hall–Kier alpha value is -0.0500. The van der Waals surface area contributed by atoms with Gasteiger partial charge in [-0.1, -0.05) is 78.7 Å². The average molecular weight is 348 g/mol. The first-order valence-corrected chi connectivity index (χ1v) is 8.71. The van der Waals surface area contributed by atoms with Gasteiger partial charge in [-0.25, -0.2) is 0 Å². The molecule has 0 spiro atoms. The van der Waals surface area contributed by atoms with Gasteiger partial charge in [0.05, 0.1) is 6.10 Å². The zero-order chi connectivity index (χ0) is 13.9. The summed E-state index contributed by atoms with van der Waals surface area (Å²) >= 11 is 9.52. The van der Waals surface area contributed by atoms with Crippen molar-refractivity contribution in [2.75, 3.05) is 11.9 Å². The first kappa shape index (κ1) is 17.0. The Morgan fingerprint density at radius 1 is 1.16 bits per heavy atom. The predicted octanol–water partition coefficient (Wildman–Crippen LogP) is 6.15. The summed E-state index contributed by atoms with van der Waals surface area (Å²) in [6, 6.07) is 7.92. The highest BCUT2D eigenvalue weighted by Crippen LogP contribution is 2.23. The number of ether oxygens (including phenoxy) is 1. The largest absolute Gasteiger partial charge is 0.373 e. The molecule has 0 aliphatic rings. The van der Waals surface area contributed by atoms with E-state index in [2.05, 4.69) is 28.9 Å². The summed E-state index contributed by atoms with van der Waals surface area (Å²) in [5, 5.41) is 1.58. The van der Waals surface area contributed by atoms with Crippen LogP contribution in [-0.4, -0.2) is 11.9 Å². The first-order chi connectivity index (χ1) is 9.27. The predicted molar refractivity (Wildman–Crippen MR) is 87.3 cm³/mol. The SMILES string of the molecule is CCCCCCCCOC(CBr)c1cccc(Cl)c1. The Morgan fingerprint density at radius 3 is 2.58 bits per heavy atom. The smallest absolute Gasteiger partial charge is 0.0922 e. The van der Waals surface area contributed by atoms with Crippen molar-refractivity contribution in [1.82, 2.24) is 0 Å². The molecule has 0 fully saturated rings. The molecular weight excluding hydrogens is 324 g/mol. The van der Waals surface area contributed by atoms with Crippen molar-refractivity contribution in [2.24, 2.45) is 0 Å². The van der Waals surface area contributed by atoms with Crippen LogP contribution in [0, 0.1) is 0 Å². The fourth-order valence-electron chi connectivity index (χ4n) is 2.04. The van der Waals surface area contributed by atoms with E-state index in [9.17, 15) is 0 Å². The molecule has 1 aromatic carbocycles. The van der Waals surface area contributed by atoms with Crippen molar-refractivity contribution in [3.05, 3.63) is 34.9 Å². The van der Waals surface area contributed by atoms with Crippen molar-refractivity contribution in [2.45, 2.75) is 51.6 Å². The van der Waals surface area contributed by atoms with Crippen molar-refractivity contribution < 1.29 is 4.74 Å². The number of hydrogen-bond donors (Lipinski definition) is 0. The van der Waals surface area contributed by atoms with Gasteiger partial charge in [-0.05, 0) is 24.1 Å². The molecule has 1 aromatic rings. The van der Waals surface area contributed by atoms with Crippen LogP contribution in [0.25, 0.3) is 0 Å². The number of rotatable bonds is 10. The Kier molecular flexibility index (Phi) is 9.58. The molecule has 0 aliphatic heterocycles. The summed E-state index contributed by atoms with van der Waals surface area (Å²) in [5.41, 5.74) is 1.15. The molecule has 0 radical (unpaired) electrons. The number of benzene rings is 1. The summed E-state index contributed by atoms with van der Waals surface area (Å²) in [6.45, 7) is 3.07. The zero-order valence-corrected chi connectivity index (χ0v) is 14.0. The highest BCUT2D eigenvalue weighted by atomic mass is 79.9. The van der Waals surface area contributed by atoms with Gasteiger partial charge in [0.2, 0.25) is 0 Å². The van der Waals surface area contributed by atoms with Crippen LogP contribution in [-0.2, 0) is 4.74 Å². The molecule has 0 amide bonds. The third-order valence-corrected chi connectivity index (χ3v) is 4.00. The van der Waals surface area contributed by atoms with E-state index in [1.54, 1.807) is 0 Å². The number of unbranched alkanes of at least 4 members (excludes halogenated alkanes) is 5. The van der Waals surface area contributed by atoms with Crippen LogP contribution >= 0.6 is 27.5 Å². The molecule has 1 atom stereocenters. The normalized spacial score (nSPS) is 12.6. The fourth-order valence-corrected chi connectivity index (χ4v) is 2.80. The van der Waals surface area contributed by atoms with Gasteiger partial charge >= 0.3 is 0 Å². The van der Waals surface area contributed by atoms with Gasteiger partial charge in [-0.2, -0.15) is 0 Å². The van der Waals surface area contributed by atoms with E-state index >= 15 is 0 Å². The van der Waals surface area contributed by atoms with Crippen LogP contribution in [0.5, 0.6) is 0 Å². The fraction of sp³-hybridized carbons (Fsp3) is 0.625. The minimum Gasteiger partial charge on any atom is -0.373 e. The topological polar surface area (TPSA) is 9.23 Å². The lowest BCUT2D eigenvalue weighted by atomic mass is 10.1. The minimum atomic E-state index is 0.106. The second kappa shape index (κ2) is 10.7. The Morgan fingerprint density at radius 2 is 1.89 bits per heavy atom. The second-order valence-corrected chi connectivity index (χ2v) is 5.92. The van der Waals surface area contributed by atoms with E-state index in [0.717, 1.165) is 28.9 Å².